The highest BCUT2D eigenvalue weighted by atomic mass is 32.2. The third kappa shape index (κ3) is 3.80. The van der Waals surface area contributed by atoms with Gasteiger partial charge in [0.15, 0.2) is 0 Å². The summed E-state index contributed by atoms with van der Waals surface area (Å²) in [5, 5.41) is 0. The number of hydrogen-bond donors (Lipinski definition) is 0. The van der Waals surface area contributed by atoms with Gasteiger partial charge < -0.3 is 4.90 Å². The van der Waals surface area contributed by atoms with Gasteiger partial charge in [-0.3, -0.25) is 0 Å². The minimum absolute atomic E-state index is 0.0813. The molecule has 2 heteroatoms. The Morgan fingerprint density at radius 1 is 0.538 bits per heavy atom. The van der Waals surface area contributed by atoms with Crippen LogP contribution < -0.4 is 4.90 Å². The van der Waals surface area contributed by atoms with Gasteiger partial charge in [-0.05, 0) is 172 Å². The fraction of sp³-hybridized carbons (Fsp3) is 0.520. The summed E-state index contributed by atoms with van der Waals surface area (Å²) < 4.78 is 0. The van der Waals surface area contributed by atoms with Crippen molar-refractivity contribution in [2.45, 2.75) is 144 Å². The molecule has 2 bridgehead atoms. The lowest BCUT2D eigenvalue weighted by molar-refractivity contribution is -0.235. The molecule has 268 valence electrons. The van der Waals surface area contributed by atoms with Crippen LogP contribution in [0.2, 0.25) is 0 Å². The average Bonchev–Trinajstić information content (AvgIpc) is 3.64. The van der Waals surface area contributed by atoms with Crippen molar-refractivity contribution in [3.05, 3.63) is 112 Å². The van der Waals surface area contributed by atoms with Crippen molar-refractivity contribution < 1.29 is 0 Å². The van der Waals surface area contributed by atoms with Crippen LogP contribution in [0.3, 0.4) is 0 Å². The van der Waals surface area contributed by atoms with Gasteiger partial charge in [0.05, 0.1) is 11.4 Å². The molecule has 0 aromatic heterocycles. The maximum atomic E-state index is 2.78. The van der Waals surface area contributed by atoms with Crippen molar-refractivity contribution >= 4 is 28.8 Å². The zero-order valence-corrected chi connectivity index (χ0v) is 33.6. The number of fused-ring (bicyclic) bond motifs is 9. The van der Waals surface area contributed by atoms with E-state index in [2.05, 4.69) is 139 Å². The van der Waals surface area contributed by atoms with Gasteiger partial charge >= 0.3 is 0 Å². The van der Waals surface area contributed by atoms with Gasteiger partial charge in [-0.15, -0.1) is 0 Å². The lowest BCUT2D eigenvalue weighted by Crippen LogP contribution is -2.74. The van der Waals surface area contributed by atoms with E-state index in [4.69, 9.17) is 0 Å². The van der Waals surface area contributed by atoms with Gasteiger partial charge in [-0.1, -0.05) is 110 Å². The molecule has 11 rings (SSSR count). The highest BCUT2D eigenvalue weighted by molar-refractivity contribution is 7.99. The SMILES string of the molecule is CC1(C)CCC(C)(C)c2c(N(c3ccc4c(c3)C3(c5ccccc5S4)C4CC5CC6CC3C64C5)c3cccc4c3C(C)(C)CCC4(C)C)cccc21. The van der Waals surface area contributed by atoms with E-state index >= 15 is 0 Å². The van der Waals surface area contributed by atoms with Crippen LogP contribution in [0.4, 0.5) is 17.1 Å². The Labute approximate surface area is 317 Å². The third-order valence-electron chi connectivity index (χ3n) is 16.9. The van der Waals surface area contributed by atoms with E-state index in [1.807, 2.05) is 11.8 Å². The minimum Gasteiger partial charge on any atom is -0.310 e. The van der Waals surface area contributed by atoms with Crippen LogP contribution >= 0.6 is 11.8 Å². The fourth-order valence-electron chi connectivity index (χ4n) is 14.4. The van der Waals surface area contributed by atoms with Crippen LogP contribution in [0.15, 0.2) is 88.7 Å². The quantitative estimate of drug-likeness (QED) is 0.209. The first-order valence-electron chi connectivity index (χ1n) is 20.7. The molecule has 52 heavy (non-hydrogen) atoms. The summed E-state index contributed by atoms with van der Waals surface area (Å²) in [7, 11) is 0. The normalized spacial score (nSPS) is 33.8. The Morgan fingerprint density at radius 2 is 1.10 bits per heavy atom. The van der Waals surface area contributed by atoms with Gasteiger partial charge in [0.25, 0.3) is 0 Å². The van der Waals surface area contributed by atoms with Crippen LogP contribution in [0, 0.1) is 29.1 Å². The first kappa shape index (κ1) is 32.5. The molecule has 4 fully saturated rings. The summed E-state index contributed by atoms with van der Waals surface area (Å²) in [5.41, 5.74) is 14.9. The van der Waals surface area contributed by atoms with Crippen molar-refractivity contribution in [2.75, 3.05) is 4.90 Å². The molecule has 4 aromatic rings. The Morgan fingerprint density at radius 3 is 1.73 bits per heavy atom. The van der Waals surface area contributed by atoms with E-state index in [0.29, 0.717) is 5.41 Å². The summed E-state index contributed by atoms with van der Waals surface area (Å²) in [6, 6.07) is 32.0. The van der Waals surface area contributed by atoms with Crippen molar-refractivity contribution in [2.24, 2.45) is 29.1 Å². The van der Waals surface area contributed by atoms with Gasteiger partial charge in [-0.2, -0.15) is 0 Å². The lowest BCUT2D eigenvalue weighted by Gasteiger charge is -2.78. The summed E-state index contributed by atoms with van der Waals surface area (Å²) >= 11 is 2.04. The molecule has 1 aliphatic heterocycles. The van der Waals surface area contributed by atoms with Gasteiger partial charge in [-0.25, -0.2) is 0 Å². The van der Waals surface area contributed by atoms with Crippen LogP contribution in [-0.2, 0) is 27.1 Å². The Hall–Kier alpha value is -2.97. The molecule has 6 aliphatic carbocycles. The van der Waals surface area contributed by atoms with Crippen LogP contribution in [0.5, 0.6) is 0 Å². The number of rotatable bonds is 3. The zero-order valence-electron chi connectivity index (χ0n) is 32.8. The Kier molecular flexibility index (Phi) is 6.25. The first-order valence-corrected chi connectivity index (χ1v) is 21.5. The monoisotopic (exact) mass is 703 g/mol. The number of benzene rings is 4. The summed E-state index contributed by atoms with van der Waals surface area (Å²) in [5.74, 6) is 3.52. The Bertz CT molecular complexity index is 2120. The van der Waals surface area contributed by atoms with Crippen molar-refractivity contribution in [3.8, 4) is 0 Å². The number of nitrogens with zero attached hydrogens (tertiary/aromatic N) is 1. The molecule has 4 aromatic carbocycles. The third-order valence-corrected chi connectivity index (χ3v) is 18.0. The van der Waals surface area contributed by atoms with Crippen molar-refractivity contribution in [3.63, 3.8) is 0 Å². The molecule has 4 saturated carbocycles. The predicted molar refractivity (Wildman–Crippen MR) is 218 cm³/mol. The van der Waals surface area contributed by atoms with E-state index < -0.39 is 0 Å². The van der Waals surface area contributed by atoms with Gasteiger partial charge in [0, 0.05) is 20.9 Å². The molecule has 0 N–H and O–H groups in total. The molecule has 1 heterocycles. The van der Waals surface area contributed by atoms with Crippen molar-refractivity contribution in [1.29, 1.82) is 0 Å². The maximum absolute atomic E-state index is 2.78. The molecule has 7 aliphatic rings. The van der Waals surface area contributed by atoms with Gasteiger partial charge in [0.1, 0.15) is 0 Å². The van der Waals surface area contributed by atoms with E-state index in [0.717, 1.165) is 23.7 Å². The predicted octanol–water partition coefficient (Wildman–Crippen LogP) is 13.7. The number of anilines is 3. The van der Waals surface area contributed by atoms with E-state index in [-0.39, 0.29) is 27.1 Å². The molecule has 1 nitrogen and oxygen atoms in total. The molecule has 0 amide bonds. The second kappa shape index (κ2) is 10.0. The number of hydrogen-bond acceptors (Lipinski definition) is 2. The Balaban J connectivity index is 1.19. The first-order chi connectivity index (χ1) is 24.7. The maximum Gasteiger partial charge on any atom is 0.0502 e. The van der Waals surface area contributed by atoms with Crippen LogP contribution in [-0.4, -0.2) is 0 Å². The summed E-state index contributed by atoms with van der Waals surface area (Å²) in [6.07, 6.45) is 10.7. The zero-order chi connectivity index (χ0) is 35.8. The smallest absolute Gasteiger partial charge is 0.0502 e. The van der Waals surface area contributed by atoms with Crippen LogP contribution in [0.1, 0.15) is 140 Å². The largest absolute Gasteiger partial charge is 0.310 e. The van der Waals surface area contributed by atoms with E-state index in [9.17, 15) is 0 Å². The molecular formula is C50H57NS. The second-order valence-electron chi connectivity index (χ2n) is 21.1. The highest BCUT2D eigenvalue weighted by Gasteiger charge is 2.84. The van der Waals surface area contributed by atoms with Gasteiger partial charge in [0.2, 0.25) is 0 Å². The minimum atomic E-state index is 0.0813. The van der Waals surface area contributed by atoms with E-state index in [1.165, 1.54) is 89.3 Å². The topological polar surface area (TPSA) is 3.24 Å². The van der Waals surface area contributed by atoms with Crippen molar-refractivity contribution in [1.82, 2.24) is 0 Å². The molecule has 2 spiro atoms. The fourth-order valence-corrected chi connectivity index (χ4v) is 15.6. The standard InChI is InChI=1S/C50H57NS/c1-45(2)21-23-47(5,6)43-34(45)14-11-16-37(43)51(38-17-12-15-35-44(38)48(7,8)24-22-46(35,3)4)32-19-20-40-36(28-32)50(33-13-9-10-18-39(33)52-40)41-26-30-25-31-27-42(50)49(31,41)29-30/h9-20,28,30-31,41-42H,21-27,29H2,1-8H3. The summed E-state index contributed by atoms with van der Waals surface area (Å²) in [4.78, 5) is 5.81. The molecule has 0 radical (unpaired) electrons. The molecule has 0 saturated heterocycles. The lowest BCUT2D eigenvalue weighted by atomic mass is 9.26. The molecular weight excluding hydrogens is 647 g/mol. The average molecular weight is 704 g/mol. The molecule has 6 unspecified atom stereocenters. The highest BCUT2D eigenvalue weighted by Crippen LogP contribution is 2.89. The summed E-state index contributed by atoms with van der Waals surface area (Å²) in [6.45, 7) is 20.0. The second-order valence-corrected chi connectivity index (χ2v) is 22.2. The molecule has 6 atom stereocenters. The van der Waals surface area contributed by atoms with E-state index in [1.54, 1.807) is 22.3 Å². The van der Waals surface area contributed by atoms with Crippen LogP contribution in [0.25, 0.3) is 0 Å².